The summed E-state index contributed by atoms with van der Waals surface area (Å²) in [6.45, 7) is 0. The lowest BCUT2D eigenvalue weighted by Crippen LogP contribution is -2.10. The van der Waals surface area contributed by atoms with Gasteiger partial charge in [-0.25, -0.2) is 0 Å². The van der Waals surface area contributed by atoms with Crippen LogP contribution in [0, 0.1) is 0 Å². The maximum atomic E-state index is 6.71. The largest absolute Gasteiger partial charge is 0.454 e. The number of nitrogens with zero attached hydrogens (tertiary/aromatic N) is 3. The molecule has 0 spiro atoms. The molecule has 4 heteroatoms. The number of para-hydroxylation sites is 6. The Hall–Kier alpha value is -7.82. The van der Waals surface area contributed by atoms with Crippen LogP contribution in [-0.4, -0.2) is 9.13 Å². The molecule has 12 aromatic rings. The Labute approximate surface area is 334 Å². The van der Waals surface area contributed by atoms with Crippen LogP contribution in [0.2, 0.25) is 0 Å². The lowest BCUT2D eigenvalue weighted by Gasteiger charge is -2.26. The average Bonchev–Trinajstić information content (AvgIpc) is 3.95. The van der Waals surface area contributed by atoms with Gasteiger partial charge in [0, 0.05) is 55.1 Å². The van der Waals surface area contributed by atoms with Crippen molar-refractivity contribution in [2.75, 3.05) is 4.90 Å². The smallest absolute Gasteiger partial charge is 0.159 e. The van der Waals surface area contributed by atoms with E-state index in [1.54, 1.807) is 0 Å². The van der Waals surface area contributed by atoms with Crippen molar-refractivity contribution in [1.82, 2.24) is 9.13 Å². The summed E-state index contributed by atoms with van der Waals surface area (Å²) in [5, 5.41) is 7.13. The van der Waals surface area contributed by atoms with Crippen molar-refractivity contribution in [3.8, 4) is 22.5 Å². The SMILES string of the molecule is c1ccc(-n2c3ccccc3c3ccc(N(c4ccc(-c5cccc6c5c5ccccc5n6-c5ccccc5)cc4)c4cccc5c4oc4ccccc45)cc32)cc1. The van der Waals surface area contributed by atoms with Crippen LogP contribution < -0.4 is 4.90 Å². The molecule has 0 unspecified atom stereocenters. The van der Waals surface area contributed by atoms with Crippen molar-refractivity contribution in [2.45, 2.75) is 0 Å². The molecule has 272 valence electrons. The minimum absolute atomic E-state index is 0.856. The monoisotopic (exact) mass is 741 g/mol. The number of hydrogen-bond acceptors (Lipinski definition) is 2. The van der Waals surface area contributed by atoms with Gasteiger partial charge in [0.1, 0.15) is 5.58 Å². The Morgan fingerprint density at radius 3 is 1.67 bits per heavy atom. The Morgan fingerprint density at radius 1 is 0.362 bits per heavy atom. The van der Waals surface area contributed by atoms with E-state index < -0.39 is 0 Å². The second-order valence-electron chi connectivity index (χ2n) is 14.9. The number of anilines is 3. The Morgan fingerprint density at radius 2 is 0.914 bits per heavy atom. The Balaban J connectivity index is 1.07. The Kier molecular flexibility index (Phi) is 7.20. The van der Waals surface area contributed by atoms with Crippen LogP contribution >= 0.6 is 0 Å². The summed E-state index contributed by atoms with van der Waals surface area (Å²) < 4.78 is 11.5. The molecule has 0 N–H and O–H groups in total. The highest BCUT2D eigenvalue weighted by Crippen LogP contribution is 2.45. The highest BCUT2D eigenvalue weighted by molar-refractivity contribution is 6.16. The molecule has 0 aliphatic carbocycles. The lowest BCUT2D eigenvalue weighted by atomic mass is 9.99. The van der Waals surface area contributed by atoms with Crippen LogP contribution in [0.4, 0.5) is 17.1 Å². The predicted octanol–water partition coefficient (Wildman–Crippen LogP) is 14.9. The summed E-state index contributed by atoms with van der Waals surface area (Å²) in [5.41, 5.74) is 14.1. The lowest BCUT2D eigenvalue weighted by molar-refractivity contribution is 0.669. The molecule has 0 aliphatic rings. The zero-order chi connectivity index (χ0) is 38.2. The molecule has 0 saturated heterocycles. The summed E-state index contributed by atoms with van der Waals surface area (Å²) in [4.78, 5) is 2.35. The van der Waals surface area contributed by atoms with Crippen LogP contribution in [0.3, 0.4) is 0 Å². The fourth-order valence-electron chi connectivity index (χ4n) is 9.19. The molecule has 0 aliphatic heterocycles. The van der Waals surface area contributed by atoms with E-state index in [9.17, 15) is 0 Å². The molecule has 0 bridgehead atoms. The molecular weight excluding hydrogens is 707 g/mol. The minimum atomic E-state index is 0.856. The number of aromatic nitrogens is 2. The summed E-state index contributed by atoms with van der Waals surface area (Å²) in [6.07, 6.45) is 0. The third-order valence-corrected chi connectivity index (χ3v) is 11.7. The number of hydrogen-bond donors (Lipinski definition) is 0. The highest BCUT2D eigenvalue weighted by Gasteiger charge is 2.22. The summed E-state index contributed by atoms with van der Waals surface area (Å²) in [5.74, 6) is 0. The van der Waals surface area contributed by atoms with Crippen molar-refractivity contribution < 1.29 is 4.42 Å². The van der Waals surface area contributed by atoms with Crippen LogP contribution in [0.5, 0.6) is 0 Å². The van der Waals surface area contributed by atoms with Crippen molar-refractivity contribution in [1.29, 1.82) is 0 Å². The number of rotatable bonds is 6. The second kappa shape index (κ2) is 12.9. The predicted molar refractivity (Wildman–Crippen MR) is 243 cm³/mol. The van der Waals surface area contributed by atoms with Crippen LogP contribution in [-0.2, 0) is 0 Å². The van der Waals surface area contributed by atoms with Crippen LogP contribution in [0.25, 0.3) is 88.1 Å². The van der Waals surface area contributed by atoms with Crippen molar-refractivity contribution in [3.63, 3.8) is 0 Å². The molecular formula is C54H35N3O. The standard InChI is InChI=1S/C54H35N3O/c1-3-15-37(16-4-1)56-48-25-11-8-21-46(48)53-41(22-13-26-49(53)56)36-29-31-39(32-30-36)55(50-27-14-23-45-44-20-9-12-28-52(44)58-54(45)50)40-33-34-43-42-19-7-10-24-47(42)57(51(43)35-40)38-17-5-2-6-18-38/h1-35H. The number of fused-ring (bicyclic) bond motifs is 9. The van der Waals surface area contributed by atoms with Gasteiger partial charge in [-0.15, -0.1) is 0 Å². The van der Waals surface area contributed by atoms with Gasteiger partial charge in [0.15, 0.2) is 5.58 Å². The first-order chi connectivity index (χ1) is 28.8. The quantitative estimate of drug-likeness (QED) is 0.170. The molecule has 3 aromatic heterocycles. The van der Waals surface area contributed by atoms with Gasteiger partial charge in [0.2, 0.25) is 0 Å². The molecule has 4 nitrogen and oxygen atoms in total. The molecule has 3 heterocycles. The number of benzene rings is 9. The first kappa shape index (κ1) is 32.4. The van der Waals surface area contributed by atoms with Gasteiger partial charge in [-0.3, -0.25) is 0 Å². The zero-order valence-electron chi connectivity index (χ0n) is 31.5. The van der Waals surface area contributed by atoms with Crippen LogP contribution in [0.1, 0.15) is 0 Å². The molecule has 0 atom stereocenters. The van der Waals surface area contributed by atoms with Gasteiger partial charge in [0.25, 0.3) is 0 Å². The van der Waals surface area contributed by atoms with E-state index in [1.807, 2.05) is 6.07 Å². The normalized spacial score (nSPS) is 11.8. The minimum Gasteiger partial charge on any atom is -0.454 e. The first-order valence-electron chi connectivity index (χ1n) is 19.8. The third-order valence-electron chi connectivity index (χ3n) is 11.7. The zero-order valence-corrected chi connectivity index (χ0v) is 31.5. The van der Waals surface area contributed by atoms with Gasteiger partial charge < -0.3 is 18.5 Å². The van der Waals surface area contributed by atoms with Crippen LogP contribution in [0.15, 0.2) is 217 Å². The van der Waals surface area contributed by atoms with Gasteiger partial charge in [0.05, 0.1) is 27.8 Å². The second-order valence-corrected chi connectivity index (χ2v) is 14.9. The van der Waals surface area contributed by atoms with E-state index in [2.05, 4.69) is 220 Å². The molecule has 0 amide bonds. The molecule has 12 rings (SSSR count). The van der Waals surface area contributed by atoms with Crippen molar-refractivity contribution in [3.05, 3.63) is 212 Å². The molecule has 0 fully saturated rings. The van der Waals surface area contributed by atoms with E-state index in [4.69, 9.17) is 4.42 Å². The number of furan rings is 1. The summed E-state index contributed by atoms with van der Waals surface area (Å²) in [7, 11) is 0. The van der Waals surface area contributed by atoms with Gasteiger partial charge >= 0.3 is 0 Å². The Bertz CT molecular complexity index is 3500. The highest BCUT2D eigenvalue weighted by atomic mass is 16.3. The molecule has 58 heavy (non-hydrogen) atoms. The summed E-state index contributed by atoms with van der Waals surface area (Å²) >= 11 is 0. The molecule has 9 aromatic carbocycles. The van der Waals surface area contributed by atoms with E-state index in [-0.39, 0.29) is 0 Å². The van der Waals surface area contributed by atoms with E-state index in [0.717, 1.165) is 61.5 Å². The topological polar surface area (TPSA) is 26.2 Å². The third kappa shape index (κ3) is 4.88. The van der Waals surface area contributed by atoms with E-state index >= 15 is 0 Å². The summed E-state index contributed by atoms with van der Waals surface area (Å²) in [6, 6.07) is 76.1. The van der Waals surface area contributed by atoms with Gasteiger partial charge in [-0.2, -0.15) is 0 Å². The molecule has 0 radical (unpaired) electrons. The fourth-order valence-corrected chi connectivity index (χ4v) is 9.19. The van der Waals surface area contributed by atoms with Gasteiger partial charge in [-0.1, -0.05) is 133 Å². The van der Waals surface area contributed by atoms with Crippen molar-refractivity contribution >= 4 is 82.6 Å². The maximum absolute atomic E-state index is 6.71. The average molecular weight is 742 g/mol. The first-order valence-corrected chi connectivity index (χ1v) is 19.8. The van der Waals surface area contributed by atoms with E-state index in [0.29, 0.717) is 0 Å². The van der Waals surface area contributed by atoms with Crippen molar-refractivity contribution in [2.24, 2.45) is 0 Å². The van der Waals surface area contributed by atoms with Gasteiger partial charge in [-0.05, 0) is 90.0 Å². The molecule has 0 saturated carbocycles. The maximum Gasteiger partial charge on any atom is 0.159 e. The fraction of sp³-hybridized carbons (Fsp3) is 0. The van der Waals surface area contributed by atoms with E-state index in [1.165, 1.54) is 43.7 Å².